The van der Waals surface area contributed by atoms with Crippen molar-refractivity contribution in [2.75, 3.05) is 19.6 Å². The van der Waals surface area contributed by atoms with Gasteiger partial charge in [0.1, 0.15) is 0 Å². The Morgan fingerprint density at radius 1 is 1.45 bits per heavy atom. The summed E-state index contributed by atoms with van der Waals surface area (Å²) in [5, 5.41) is 7.46. The summed E-state index contributed by atoms with van der Waals surface area (Å²) in [6.07, 6.45) is 3.03. The Labute approximate surface area is 134 Å². The van der Waals surface area contributed by atoms with E-state index >= 15 is 0 Å². The van der Waals surface area contributed by atoms with Crippen molar-refractivity contribution in [1.29, 1.82) is 0 Å². The van der Waals surface area contributed by atoms with E-state index in [0.717, 1.165) is 42.5 Å². The number of amides is 1. The minimum Gasteiger partial charge on any atom is -0.354 e. The summed E-state index contributed by atoms with van der Waals surface area (Å²) in [7, 11) is 1.92. The Balaban J connectivity index is 1.82. The molecule has 0 bridgehead atoms. The number of hydrogen-bond acceptors (Lipinski definition) is 3. The minimum absolute atomic E-state index is 0.0936. The van der Waals surface area contributed by atoms with Crippen LogP contribution >= 0.6 is 0 Å². The van der Waals surface area contributed by atoms with Gasteiger partial charge in [0.05, 0.1) is 12.1 Å². The van der Waals surface area contributed by atoms with E-state index in [0.29, 0.717) is 12.5 Å². The van der Waals surface area contributed by atoms with Crippen molar-refractivity contribution in [2.45, 2.75) is 53.0 Å². The second kappa shape index (κ2) is 7.27. The predicted molar refractivity (Wildman–Crippen MR) is 88.8 cm³/mol. The quantitative estimate of drug-likeness (QED) is 0.903. The highest BCUT2D eigenvalue weighted by Crippen LogP contribution is 2.17. The van der Waals surface area contributed by atoms with E-state index in [9.17, 15) is 4.79 Å². The van der Waals surface area contributed by atoms with Crippen molar-refractivity contribution in [3.8, 4) is 0 Å². The Morgan fingerprint density at radius 3 is 2.77 bits per heavy atom. The summed E-state index contributed by atoms with van der Waals surface area (Å²) in [6, 6.07) is 0.405. The van der Waals surface area contributed by atoms with Crippen molar-refractivity contribution in [3.05, 3.63) is 17.0 Å². The summed E-state index contributed by atoms with van der Waals surface area (Å²) in [5.74, 6) is 0.865. The highest BCUT2D eigenvalue weighted by atomic mass is 16.1. The molecule has 5 nitrogen and oxygen atoms in total. The lowest BCUT2D eigenvalue weighted by molar-refractivity contribution is -0.120. The number of likely N-dealkylation sites (tertiary alicyclic amines) is 1. The molecule has 0 aromatic carbocycles. The molecule has 22 heavy (non-hydrogen) atoms. The van der Waals surface area contributed by atoms with Gasteiger partial charge in [-0.2, -0.15) is 5.10 Å². The van der Waals surface area contributed by atoms with Gasteiger partial charge in [-0.25, -0.2) is 0 Å². The third kappa shape index (κ3) is 4.09. The average molecular weight is 306 g/mol. The molecule has 1 fully saturated rings. The normalized spacial score (nSPS) is 20.9. The van der Waals surface area contributed by atoms with Crippen LogP contribution in [0.5, 0.6) is 0 Å². The molecule has 2 atom stereocenters. The minimum atomic E-state index is 0.0936. The first kappa shape index (κ1) is 17.0. The van der Waals surface area contributed by atoms with Gasteiger partial charge in [-0.3, -0.25) is 14.4 Å². The zero-order valence-corrected chi connectivity index (χ0v) is 14.6. The van der Waals surface area contributed by atoms with Crippen molar-refractivity contribution in [1.82, 2.24) is 20.0 Å². The number of carbonyl (C=O) groups excluding carboxylic acids is 1. The van der Waals surface area contributed by atoms with Gasteiger partial charge in [0.25, 0.3) is 0 Å². The molecule has 0 unspecified atom stereocenters. The molecule has 1 aromatic rings. The smallest absolute Gasteiger partial charge is 0.224 e. The van der Waals surface area contributed by atoms with Crippen molar-refractivity contribution in [2.24, 2.45) is 13.0 Å². The molecule has 2 heterocycles. The molecule has 1 N–H and O–H groups in total. The third-order valence-electron chi connectivity index (χ3n) is 4.90. The predicted octanol–water partition coefficient (Wildman–Crippen LogP) is 1.82. The van der Waals surface area contributed by atoms with E-state index in [1.54, 1.807) is 0 Å². The SMILES string of the molecule is Cc1nn(C)c(C)c1CC(=O)NC[C@@H](C)N1CCC[C@H](C)C1. The first-order valence-electron chi connectivity index (χ1n) is 8.38. The Kier molecular flexibility index (Phi) is 5.62. The molecule has 124 valence electrons. The van der Waals surface area contributed by atoms with Crippen molar-refractivity contribution < 1.29 is 4.79 Å². The van der Waals surface area contributed by atoms with Gasteiger partial charge < -0.3 is 5.32 Å². The molecule has 1 aliphatic rings. The molecule has 5 heteroatoms. The largest absolute Gasteiger partial charge is 0.354 e. The molecule has 1 aromatic heterocycles. The van der Waals surface area contributed by atoms with E-state index in [4.69, 9.17) is 0 Å². The number of rotatable bonds is 5. The fraction of sp³-hybridized carbons (Fsp3) is 0.765. The maximum atomic E-state index is 12.2. The highest BCUT2D eigenvalue weighted by Gasteiger charge is 2.21. The standard InChI is InChI=1S/C17H30N4O/c1-12-7-6-8-21(11-12)13(2)10-18-17(22)9-16-14(3)19-20(5)15(16)4/h12-13H,6-11H2,1-5H3,(H,18,22)/t12-,13+/m0/s1. The molecule has 0 spiro atoms. The van der Waals surface area contributed by atoms with Crippen LogP contribution in [0, 0.1) is 19.8 Å². The van der Waals surface area contributed by atoms with Gasteiger partial charge in [0.15, 0.2) is 0 Å². The van der Waals surface area contributed by atoms with Crippen LogP contribution in [0.25, 0.3) is 0 Å². The van der Waals surface area contributed by atoms with Gasteiger partial charge >= 0.3 is 0 Å². The summed E-state index contributed by atoms with van der Waals surface area (Å²) in [6.45, 7) is 11.5. The van der Waals surface area contributed by atoms with E-state index in [2.05, 4.69) is 29.2 Å². The lowest BCUT2D eigenvalue weighted by atomic mass is 9.99. The van der Waals surface area contributed by atoms with Gasteiger partial charge in [0.2, 0.25) is 5.91 Å². The van der Waals surface area contributed by atoms with Gasteiger partial charge in [-0.15, -0.1) is 0 Å². The molecule has 2 rings (SSSR count). The topological polar surface area (TPSA) is 50.2 Å². The number of carbonyl (C=O) groups is 1. The van der Waals surface area contributed by atoms with E-state index in [1.807, 2.05) is 25.6 Å². The lowest BCUT2D eigenvalue weighted by Crippen LogP contribution is -2.46. The molecule has 1 amide bonds. The average Bonchev–Trinajstić information content (AvgIpc) is 2.71. The Hall–Kier alpha value is -1.36. The van der Waals surface area contributed by atoms with Crippen LogP contribution in [0.1, 0.15) is 43.6 Å². The Bertz CT molecular complexity index is 523. The molecule has 1 aliphatic heterocycles. The lowest BCUT2D eigenvalue weighted by Gasteiger charge is -2.35. The van der Waals surface area contributed by atoms with Crippen LogP contribution in [0.4, 0.5) is 0 Å². The summed E-state index contributed by atoms with van der Waals surface area (Å²) in [5.41, 5.74) is 3.08. The number of nitrogens with zero attached hydrogens (tertiary/aromatic N) is 3. The molecular weight excluding hydrogens is 276 g/mol. The van der Waals surface area contributed by atoms with Crippen LogP contribution in [0.15, 0.2) is 0 Å². The van der Waals surface area contributed by atoms with Crippen LogP contribution in [0.2, 0.25) is 0 Å². The van der Waals surface area contributed by atoms with Crippen LogP contribution in [-0.2, 0) is 18.3 Å². The van der Waals surface area contributed by atoms with E-state index < -0.39 is 0 Å². The van der Waals surface area contributed by atoms with Gasteiger partial charge in [0, 0.05) is 37.4 Å². The van der Waals surface area contributed by atoms with Gasteiger partial charge in [-0.1, -0.05) is 6.92 Å². The van der Waals surface area contributed by atoms with Crippen molar-refractivity contribution >= 4 is 5.91 Å². The molecule has 1 saturated heterocycles. The van der Waals surface area contributed by atoms with Crippen molar-refractivity contribution in [3.63, 3.8) is 0 Å². The number of hydrogen-bond donors (Lipinski definition) is 1. The first-order chi connectivity index (χ1) is 10.4. The molecule has 0 saturated carbocycles. The summed E-state index contributed by atoms with van der Waals surface area (Å²) < 4.78 is 1.84. The second-order valence-electron chi connectivity index (χ2n) is 6.85. The number of piperidine rings is 1. The van der Waals surface area contributed by atoms with Crippen LogP contribution in [0.3, 0.4) is 0 Å². The van der Waals surface area contributed by atoms with E-state index in [1.165, 1.54) is 12.8 Å². The maximum Gasteiger partial charge on any atom is 0.224 e. The highest BCUT2D eigenvalue weighted by molar-refractivity contribution is 5.79. The summed E-state index contributed by atoms with van der Waals surface area (Å²) >= 11 is 0. The summed E-state index contributed by atoms with van der Waals surface area (Å²) in [4.78, 5) is 14.7. The van der Waals surface area contributed by atoms with Gasteiger partial charge in [-0.05, 0) is 46.1 Å². The fourth-order valence-corrected chi connectivity index (χ4v) is 3.31. The number of aryl methyl sites for hydroxylation is 2. The van der Waals surface area contributed by atoms with Crippen LogP contribution in [-0.4, -0.2) is 46.3 Å². The Morgan fingerprint density at radius 2 is 2.18 bits per heavy atom. The number of nitrogens with one attached hydrogen (secondary N) is 1. The molecular formula is C17H30N4O. The fourth-order valence-electron chi connectivity index (χ4n) is 3.31. The first-order valence-corrected chi connectivity index (χ1v) is 8.38. The second-order valence-corrected chi connectivity index (χ2v) is 6.85. The maximum absolute atomic E-state index is 12.2. The third-order valence-corrected chi connectivity index (χ3v) is 4.90. The zero-order valence-electron chi connectivity index (χ0n) is 14.6. The van der Waals surface area contributed by atoms with Crippen LogP contribution < -0.4 is 5.32 Å². The van der Waals surface area contributed by atoms with E-state index in [-0.39, 0.29) is 5.91 Å². The number of aromatic nitrogens is 2. The zero-order chi connectivity index (χ0) is 16.3. The monoisotopic (exact) mass is 306 g/mol. The molecule has 0 radical (unpaired) electrons. The molecule has 0 aliphatic carbocycles.